The normalized spacial score (nSPS) is 11.3. The lowest BCUT2D eigenvalue weighted by molar-refractivity contribution is 0.586. The highest BCUT2D eigenvalue weighted by molar-refractivity contribution is 9.10. The van der Waals surface area contributed by atoms with Gasteiger partial charge in [-0.15, -0.1) is 0 Å². The summed E-state index contributed by atoms with van der Waals surface area (Å²) in [6.07, 6.45) is 0. The van der Waals surface area contributed by atoms with Gasteiger partial charge in [-0.1, -0.05) is 20.8 Å². The van der Waals surface area contributed by atoms with Crippen molar-refractivity contribution in [1.82, 2.24) is 4.98 Å². The first kappa shape index (κ1) is 10.1. The van der Waals surface area contributed by atoms with Gasteiger partial charge in [-0.2, -0.15) is 5.26 Å². The fraction of sp³-hybridized carbons (Fsp3) is 0.444. The molecule has 0 atom stereocenters. The van der Waals surface area contributed by atoms with E-state index in [-0.39, 0.29) is 5.41 Å². The first-order valence-electron chi connectivity index (χ1n) is 3.95. The summed E-state index contributed by atoms with van der Waals surface area (Å²) in [5.74, 6) is 0.430. The van der Waals surface area contributed by atoms with Gasteiger partial charge in [0.15, 0.2) is 0 Å². The molecule has 1 heterocycles. The highest BCUT2D eigenvalue weighted by Crippen LogP contribution is 2.35. The molecule has 0 amide bonds. The Morgan fingerprint density at radius 1 is 1.46 bits per heavy atom. The quantitative estimate of drug-likeness (QED) is 0.734. The average Bonchev–Trinajstić information content (AvgIpc) is 2.23. The average molecular weight is 242 g/mol. The number of nitrogen functional groups attached to an aromatic ring is 1. The van der Waals surface area contributed by atoms with Crippen molar-refractivity contribution in [3.63, 3.8) is 0 Å². The SMILES string of the molecule is CC(C)(C)c1c(Br)[nH]c(N)c1C#N. The van der Waals surface area contributed by atoms with Gasteiger partial charge in [0.05, 0.1) is 10.2 Å². The third-order valence-electron chi connectivity index (χ3n) is 1.85. The summed E-state index contributed by atoms with van der Waals surface area (Å²) in [7, 11) is 0. The zero-order valence-corrected chi connectivity index (χ0v) is 9.49. The lowest BCUT2D eigenvalue weighted by Crippen LogP contribution is -2.12. The number of rotatable bonds is 0. The van der Waals surface area contributed by atoms with Crippen LogP contribution < -0.4 is 5.73 Å². The van der Waals surface area contributed by atoms with Crippen LogP contribution in [0.2, 0.25) is 0 Å². The number of H-pyrrole nitrogens is 1. The second kappa shape index (κ2) is 3.08. The molecule has 0 unspecified atom stereocenters. The molecular weight excluding hydrogens is 230 g/mol. The highest BCUT2D eigenvalue weighted by Gasteiger charge is 2.24. The predicted octanol–water partition coefficient (Wildman–Crippen LogP) is 2.53. The van der Waals surface area contributed by atoms with Gasteiger partial charge in [-0.05, 0) is 21.3 Å². The fourth-order valence-electron chi connectivity index (χ4n) is 1.31. The molecule has 0 spiro atoms. The van der Waals surface area contributed by atoms with Crippen molar-refractivity contribution in [3.8, 4) is 6.07 Å². The van der Waals surface area contributed by atoms with E-state index in [1.807, 2.05) is 20.8 Å². The molecule has 0 aliphatic rings. The summed E-state index contributed by atoms with van der Waals surface area (Å²) >= 11 is 3.36. The second-order valence-corrected chi connectivity index (χ2v) is 4.76. The number of nitriles is 1. The van der Waals surface area contributed by atoms with Gasteiger partial charge in [-0.3, -0.25) is 0 Å². The molecule has 3 nitrogen and oxygen atoms in total. The molecule has 0 saturated heterocycles. The molecule has 3 N–H and O–H groups in total. The molecule has 1 aromatic heterocycles. The summed E-state index contributed by atoms with van der Waals surface area (Å²) in [4.78, 5) is 2.91. The minimum Gasteiger partial charge on any atom is -0.384 e. The molecule has 0 radical (unpaired) electrons. The number of nitrogens with two attached hydrogens (primary N) is 1. The van der Waals surface area contributed by atoms with Crippen LogP contribution in [0.15, 0.2) is 4.60 Å². The smallest absolute Gasteiger partial charge is 0.120 e. The molecule has 0 aliphatic heterocycles. The zero-order valence-electron chi connectivity index (χ0n) is 7.90. The summed E-state index contributed by atoms with van der Waals surface area (Å²) in [6.45, 7) is 6.13. The van der Waals surface area contributed by atoms with Gasteiger partial charge in [-0.25, -0.2) is 0 Å². The Morgan fingerprint density at radius 3 is 2.31 bits per heavy atom. The van der Waals surface area contributed by atoms with Gasteiger partial charge in [0, 0.05) is 5.56 Å². The van der Waals surface area contributed by atoms with Crippen molar-refractivity contribution >= 4 is 21.7 Å². The summed E-state index contributed by atoms with van der Waals surface area (Å²) in [6, 6.07) is 2.10. The largest absolute Gasteiger partial charge is 0.384 e. The summed E-state index contributed by atoms with van der Waals surface area (Å²) in [5.41, 5.74) is 7.03. The maximum Gasteiger partial charge on any atom is 0.120 e. The molecule has 1 rings (SSSR count). The van der Waals surface area contributed by atoms with Crippen LogP contribution in [0.4, 0.5) is 5.82 Å². The number of nitrogens with one attached hydrogen (secondary N) is 1. The maximum absolute atomic E-state index is 8.91. The monoisotopic (exact) mass is 241 g/mol. The molecule has 0 saturated carbocycles. The van der Waals surface area contributed by atoms with E-state index in [0.29, 0.717) is 11.4 Å². The molecule has 0 aromatic carbocycles. The lowest BCUT2D eigenvalue weighted by Gasteiger charge is -2.18. The van der Waals surface area contributed by atoms with E-state index in [0.717, 1.165) is 10.2 Å². The number of hydrogen-bond donors (Lipinski definition) is 2. The predicted molar refractivity (Wildman–Crippen MR) is 56.3 cm³/mol. The molecule has 70 valence electrons. The van der Waals surface area contributed by atoms with Crippen molar-refractivity contribution in [1.29, 1.82) is 5.26 Å². The topological polar surface area (TPSA) is 65.6 Å². The molecule has 0 bridgehead atoms. The first-order chi connectivity index (χ1) is 5.88. The molecule has 13 heavy (non-hydrogen) atoms. The minimum absolute atomic E-state index is 0.0853. The van der Waals surface area contributed by atoms with Crippen LogP contribution in [-0.4, -0.2) is 4.98 Å². The molecule has 4 heteroatoms. The molecular formula is C9H12BrN3. The summed E-state index contributed by atoms with van der Waals surface area (Å²) < 4.78 is 0.800. The number of anilines is 1. The van der Waals surface area contributed by atoms with E-state index in [9.17, 15) is 0 Å². The van der Waals surface area contributed by atoms with Crippen molar-refractivity contribution in [2.45, 2.75) is 26.2 Å². The Morgan fingerprint density at radius 2 is 2.00 bits per heavy atom. The van der Waals surface area contributed by atoms with Gasteiger partial charge >= 0.3 is 0 Å². The van der Waals surface area contributed by atoms with Crippen molar-refractivity contribution in [2.75, 3.05) is 5.73 Å². The third kappa shape index (κ3) is 1.70. The lowest BCUT2D eigenvalue weighted by atomic mass is 9.86. The first-order valence-corrected chi connectivity index (χ1v) is 4.74. The van der Waals surface area contributed by atoms with Crippen LogP contribution in [-0.2, 0) is 5.41 Å². The van der Waals surface area contributed by atoms with E-state index >= 15 is 0 Å². The van der Waals surface area contributed by atoms with Crippen LogP contribution >= 0.6 is 15.9 Å². The number of aromatic nitrogens is 1. The van der Waals surface area contributed by atoms with Gasteiger partial charge in [0.1, 0.15) is 11.9 Å². The van der Waals surface area contributed by atoms with E-state index in [2.05, 4.69) is 27.0 Å². The zero-order chi connectivity index (χ0) is 10.2. The van der Waals surface area contributed by atoms with E-state index in [4.69, 9.17) is 11.0 Å². The molecule has 1 aromatic rings. The Bertz CT molecular complexity index is 365. The number of aromatic amines is 1. The maximum atomic E-state index is 8.91. The van der Waals surface area contributed by atoms with E-state index in [1.54, 1.807) is 0 Å². The minimum atomic E-state index is -0.0853. The van der Waals surface area contributed by atoms with E-state index < -0.39 is 0 Å². The number of halogens is 1. The number of hydrogen-bond acceptors (Lipinski definition) is 2. The van der Waals surface area contributed by atoms with Crippen LogP contribution in [0.5, 0.6) is 0 Å². The molecule has 0 aliphatic carbocycles. The molecule has 0 fully saturated rings. The Hall–Kier alpha value is -0.950. The van der Waals surface area contributed by atoms with E-state index in [1.165, 1.54) is 0 Å². The fourth-order valence-corrected chi connectivity index (χ4v) is 2.31. The standard InChI is InChI=1S/C9H12BrN3/c1-9(2,3)6-5(4-11)8(12)13-7(6)10/h13H,12H2,1-3H3. The van der Waals surface area contributed by atoms with Gasteiger partial charge in [0.2, 0.25) is 0 Å². The van der Waals surface area contributed by atoms with Gasteiger partial charge in [0.25, 0.3) is 0 Å². The van der Waals surface area contributed by atoms with Crippen LogP contribution in [0.25, 0.3) is 0 Å². The second-order valence-electron chi connectivity index (χ2n) is 3.96. The van der Waals surface area contributed by atoms with Crippen molar-refractivity contribution in [3.05, 3.63) is 15.7 Å². The van der Waals surface area contributed by atoms with Crippen molar-refractivity contribution in [2.24, 2.45) is 0 Å². The van der Waals surface area contributed by atoms with Crippen LogP contribution in [0.3, 0.4) is 0 Å². The van der Waals surface area contributed by atoms with Gasteiger partial charge < -0.3 is 10.7 Å². The highest BCUT2D eigenvalue weighted by atomic mass is 79.9. The Kier molecular flexibility index (Phi) is 2.40. The third-order valence-corrected chi connectivity index (χ3v) is 2.44. The summed E-state index contributed by atoms with van der Waals surface area (Å²) in [5, 5.41) is 8.91. The van der Waals surface area contributed by atoms with Crippen LogP contribution in [0.1, 0.15) is 31.9 Å². The Labute approximate surface area is 86.1 Å². The Balaban J connectivity index is 3.45. The van der Waals surface area contributed by atoms with Crippen molar-refractivity contribution < 1.29 is 0 Å². The number of nitrogens with zero attached hydrogens (tertiary/aromatic N) is 1. The van der Waals surface area contributed by atoms with Crippen LogP contribution in [0, 0.1) is 11.3 Å².